The van der Waals surface area contributed by atoms with Crippen LogP contribution in [0.25, 0.3) is 11.3 Å². The van der Waals surface area contributed by atoms with Gasteiger partial charge < -0.3 is 14.8 Å². The molecule has 4 aromatic rings. The largest absolute Gasteiger partial charge is 0.497 e. The van der Waals surface area contributed by atoms with Gasteiger partial charge >= 0.3 is 0 Å². The molecule has 4 rings (SSSR count). The number of hydrogen-bond donors (Lipinski definition) is 1. The molecule has 0 spiro atoms. The van der Waals surface area contributed by atoms with Crippen LogP contribution in [0.5, 0.6) is 17.2 Å². The Labute approximate surface area is 197 Å². The Bertz CT molecular complexity index is 1300. The first-order valence-corrected chi connectivity index (χ1v) is 11.0. The molecule has 0 radical (unpaired) electrons. The fraction of sp³-hybridized carbons (Fsp3) is 0.148. The average molecular weight is 456 g/mol. The molecule has 1 aromatic heterocycles. The fourth-order valence-electron chi connectivity index (χ4n) is 3.39. The molecule has 172 valence electrons. The van der Waals surface area contributed by atoms with Crippen LogP contribution in [-0.2, 0) is 11.3 Å². The van der Waals surface area contributed by atoms with Gasteiger partial charge in [-0.1, -0.05) is 30.3 Å². The summed E-state index contributed by atoms with van der Waals surface area (Å²) in [7, 11) is 1.60. The number of hydrogen-bond acceptors (Lipinski definition) is 5. The highest BCUT2D eigenvalue weighted by Gasteiger charge is 2.07. The summed E-state index contributed by atoms with van der Waals surface area (Å²) in [5.41, 5.74) is 1.99. The molecule has 7 nitrogen and oxygen atoms in total. The van der Waals surface area contributed by atoms with Crippen molar-refractivity contribution in [3.8, 4) is 28.5 Å². The van der Waals surface area contributed by atoms with E-state index in [-0.39, 0.29) is 17.9 Å². The zero-order valence-electron chi connectivity index (χ0n) is 18.8. The van der Waals surface area contributed by atoms with E-state index in [0.29, 0.717) is 35.8 Å². The molecule has 0 aliphatic heterocycles. The third-order valence-corrected chi connectivity index (χ3v) is 5.12. The van der Waals surface area contributed by atoms with E-state index in [9.17, 15) is 9.59 Å². The first kappa shape index (κ1) is 22.8. The second kappa shape index (κ2) is 11.0. The summed E-state index contributed by atoms with van der Waals surface area (Å²) in [6.45, 7) is 0.341. The van der Waals surface area contributed by atoms with Crippen LogP contribution >= 0.6 is 0 Å². The van der Waals surface area contributed by atoms with E-state index in [2.05, 4.69) is 10.4 Å². The van der Waals surface area contributed by atoms with E-state index >= 15 is 0 Å². The highest BCUT2D eigenvalue weighted by Crippen LogP contribution is 2.23. The molecule has 34 heavy (non-hydrogen) atoms. The predicted octanol–water partition coefficient (Wildman–Crippen LogP) is 5.13. The van der Waals surface area contributed by atoms with Crippen molar-refractivity contribution >= 4 is 11.6 Å². The molecule has 1 heterocycles. The first-order chi connectivity index (χ1) is 16.6. The molecule has 0 fully saturated rings. The standard InChI is InChI=1S/C27H25N3O4/c1-33-24-10-5-7-20(19-24)25-16-17-27(32)30(29-25)18-6-11-26(31)28-21-12-14-23(15-13-21)34-22-8-3-2-4-9-22/h2-5,7-10,12-17,19H,6,11,18H2,1H3,(H,28,31). The number of nitrogens with zero attached hydrogens (tertiary/aromatic N) is 2. The Morgan fingerprint density at radius 2 is 1.62 bits per heavy atom. The molecule has 0 aliphatic carbocycles. The van der Waals surface area contributed by atoms with Crippen LogP contribution in [0.3, 0.4) is 0 Å². The molecule has 1 amide bonds. The summed E-state index contributed by atoms with van der Waals surface area (Å²) < 4.78 is 12.4. The van der Waals surface area contributed by atoms with Crippen molar-refractivity contribution in [3.63, 3.8) is 0 Å². The summed E-state index contributed by atoms with van der Waals surface area (Å²) in [5.74, 6) is 2.02. The zero-order chi connectivity index (χ0) is 23.8. The summed E-state index contributed by atoms with van der Waals surface area (Å²) >= 11 is 0. The first-order valence-electron chi connectivity index (χ1n) is 11.0. The maximum Gasteiger partial charge on any atom is 0.266 e. The third-order valence-electron chi connectivity index (χ3n) is 5.12. The van der Waals surface area contributed by atoms with Crippen molar-refractivity contribution in [2.75, 3.05) is 12.4 Å². The molecule has 3 aromatic carbocycles. The Hall–Kier alpha value is -4.39. The summed E-state index contributed by atoms with van der Waals surface area (Å²) in [5, 5.41) is 7.31. The van der Waals surface area contributed by atoms with E-state index in [4.69, 9.17) is 9.47 Å². The van der Waals surface area contributed by atoms with Crippen molar-refractivity contribution in [3.05, 3.63) is 101 Å². The van der Waals surface area contributed by atoms with Crippen LogP contribution < -0.4 is 20.3 Å². The minimum Gasteiger partial charge on any atom is -0.497 e. The lowest BCUT2D eigenvalue weighted by Gasteiger charge is -2.09. The number of methoxy groups -OCH3 is 1. The lowest BCUT2D eigenvalue weighted by molar-refractivity contribution is -0.116. The Morgan fingerprint density at radius 1 is 0.882 bits per heavy atom. The van der Waals surface area contributed by atoms with Crippen LogP contribution in [0.2, 0.25) is 0 Å². The number of aromatic nitrogens is 2. The number of carbonyl (C=O) groups is 1. The van der Waals surface area contributed by atoms with Gasteiger partial charge in [0.1, 0.15) is 17.2 Å². The number of aryl methyl sites for hydroxylation is 1. The van der Waals surface area contributed by atoms with Crippen molar-refractivity contribution < 1.29 is 14.3 Å². The van der Waals surface area contributed by atoms with Crippen LogP contribution in [0.4, 0.5) is 5.69 Å². The van der Waals surface area contributed by atoms with Crippen LogP contribution in [0.15, 0.2) is 95.8 Å². The molecule has 0 aliphatic rings. The minimum absolute atomic E-state index is 0.131. The topological polar surface area (TPSA) is 82.5 Å². The van der Waals surface area contributed by atoms with Gasteiger partial charge in [0.25, 0.3) is 5.56 Å². The Morgan fingerprint density at radius 3 is 2.38 bits per heavy atom. The number of para-hydroxylation sites is 1. The van der Waals surface area contributed by atoms with Gasteiger partial charge in [0.2, 0.25) is 5.91 Å². The molecular formula is C27H25N3O4. The van der Waals surface area contributed by atoms with Gasteiger partial charge in [-0.05, 0) is 61.0 Å². The van der Waals surface area contributed by atoms with Gasteiger partial charge in [0, 0.05) is 30.3 Å². The molecule has 0 saturated heterocycles. The van der Waals surface area contributed by atoms with Crippen molar-refractivity contribution in [1.82, 2.24) is 9.78 Å². The Balaban J connectivity index is 1.30. The molecule has 7 heteroatoms. The number of ether oxygens (including phenoxy) is 2. The second-order valence-electron chi connectivity index (χ2n) is 7.60. The maximum absolute atomic E-state index is 12.4. The van der Waals surface area contributed by atoms with Crippen molar-refractivity contribution in [2.45, 2.75) is 19.4 Å². The molecule has 0 unspecified atom stereocenters. The van der Waals surface area contributed by atoms with E-state index in [1.54, 1.807) is 37.4 Å². The van der Waals surface area contributed by atoms with E-state index < -0.39 is 0 Å². The van der Waals surface area contributed by atoms with E-state index in [1.165, 1.54) is 10.7 Å². The molecular weight excluding hydrogens is 430 g/mol. The zero-order valence-corrected chi connectivity index (χ0v) is 18.8. The van der Waals surface area contributed by atoms with Gasteiger partial charge in [0.05, 0.1) is 12.8 Å². The molecule has 0 atom stereocenters. The van der Waals surface area contributed by atoms with Crippen molar-refractivity contribution in [2.24, 2.45) is 0 Å². The maximum atomic E-state index is 12.4. The summed E-state index contributed by atoms with van der Waals surface area (Å²) in [6.07, 6.45) is 0.745. The number of carbonyl (C=O) groups excluding carboxylic acids is 1. The Kier molecular flexibility index (Phi) is 7.35. The highest BCUT2D eigenvalue weighted by molar-refractivity contribution is 5.90. The highest BCUT2D eigenvalue weighted by atomic mass is 16.5. The molecule has 1 N–H and O–H groups in total. The van der Waals surface area contributed by atoms with Crippen molar-refractivity contribution in [1.29, 1.82) is 0 Å². The SMILES string of the molecule is COc1cccc(-c2ccc(=O)n(CCCC(=O)Nc3ccc(Oc4ccccc4)cc3)n2)c1. The van der Waals surface area contributed by atoms with E-state index in [0.717, 1.165) is 11.3 Å². The number of rotatable bonds is 9. The molecule has 0 bridgehead atoms. The van der Waals surface area contributed by atoms with Gasteiger partial charge in [-0.15, -0.1) is 0 Å². The molecule has 0 saturated carbocycles. The lowest BCUT2D eigenvalue weighted by Crippen LogP contribution is -2.23. The number of amides is 1. The normalized spacial score (nSPS) is 10.5. The average Bonchev–Trinajstić information content (AvgIpc) is 2.87. The van der Waals surface area contributed by atoms with Gasteiger partial charge in [-0.25, -0.2) is 4.68 Å². The van der Waals surface area contributed by atoms with Gasteiger partial charge in [-0.2, -0.15) is 5.10 Å². The monoisotopic (exact) mass is 455 g/mol. The summed E-state index contributed by atoms with van der Waals surface area (Å²) in [4.78, 5) is 24.6. The minimum atomic E-state index is -0.207. The predicted molar refractivity (Wildman–Crippen MR) is 131 cm³/mol. The van der Waals surface area contributed by atoms with Crippen LogP contribution in [-0.4, -0.2) is 22.8 Å². The third kappa shape index (κ3) is 6.10. The van der Waals surface area contributed by atoms with Crippen LogP contribution in [0, 0.1) is 0 Å². The number of nitrogens with one attached hydrogen (secondary N) is 1. The lowest BCUT2D eigenvalue weighted by atomic mass is 10.1. The van der Waals surface area contributed by atoms with Crippen LogP contribution in [0.1, 0.15) is 12.8 Å². The van der Waals surface area contributed by atoms with Gasteiger partial charge in [-0.3, -0.25) is 9.59 Å². The number of anilines is 1. The smallest absolute Gasteiger partial charge is 0.266 e. The van der Waals surface area contributed by atoms with E-state index in [1.807, 2.05) is 54.6 Å². The second-order valence-corrected chi connectivity index (χ2v) is 7.60. The summed E-state index contributed by atoms with van der Waals surface area (Å²) in [6, 6.07) is 27.3. The van der Waals surface area contributed by atoms with Gasteiger partial charge in [0.15, 0.2) is 0 Å². The fourth-order valence-corrected chi connectivity index (χ4v) is 3.39. The number of benzene rings is 3. The quantitative estimate of drug-likeness (QED) is 0.378.